The Morgan fingerprint density at radius 3 is 0.932 bits per heavy atom. The minimum Gasteiger partial charge on any atom is -0.316 e. The van der Waals surface area contributed by atoms with Gasteiger partial charge in [-0.05, 0) is 30.6 Å². The van der Waals surface area contributed by atoms with Crippen LogP contribution in [-0.4, -0.2) is 133 Å². The van der Waals surface area contributed by atoms with E-state index in [0.29, 0.717) is 0 Å². The quantitative estimate of drug-likeness (QED) is 0.0461. The van der Waals surface area contributed by atoms with Crippen LogP contribution in [0.5, 0.6) is 0 Å². The van der Waals surface area contributed by atoms with Gasteiger partial charge < -0.3 is 10.6 Å². The number of carbonyl (C=O) groups is 2. The number of hydroxylamine groups is 4. The molecule has 2 N–H and O–H groups in total. The molecule has 73 heavy (non-hydrogen) atoms. The van der Waals surface area contributed by atoms with Crippen LogP contribution in [0.25, 0.3) is 0 Å². The molecule has 0 aromatic heterocycles. The maximum absolute atomic E-state index is 14.5. The summed E-state index contributed by atoms with van der Waals surface area (Å²) in [6.07, 6.45) is -22.5. The summed E-state index contributed by atoms with van der Waals surface area (Å²) in [7, 11) is 0. The van der Waals surface area contributed by atoms with Crippen molar-refractivity contribution in [2.75, 3.05) is 39.3 Å². The second kappa shape index (κ2) is 23.5. The summed E-state index contributed by atoms with van der Waals surface area (Å²) in [5.41, 5.74) is 0.276. The fraction of sp³-hybridized carbons (Fsp3) is 0.641. The molecule has 0 saturated carbocycles. The van der Waals surface area contributed by atoms with Crippen molar-refractivity contribution in [1.29, 1.82) is 0 Å². The molecular weight excluding hydrogens is 1080 g/mol. The van der Waals surface area contributed by atoms with E-state index in [0.717, 1.165) is 0 Å². The molecule has 2 aromatic rings. The second-order valence-corrected chi connectivity index (χ2v) is 15.4. The number of hydrogen-bond donors (Lipinski definition) is 2. The lowest BCUT2D eigenvalue weighted by Crippen LogP contribution is -2.70. The average molecular weight is 1120 g/mol. The highest BCUT2D eigenvalue weighted by Crippen LogP contribution is 2.62. The lowest BCUT2D eigenvalue weighted by Gasteiger charge is -2.40. The lowest BCUT2D eigenvalue weighted by atomic mass is 9.92. The van der Waals surface area contributed by atoms with E-state index in [1.165, 1.54) is 60.7 Å². The summed E-state index contributed by atoms with van der Waals surface area (Å²) in [6.45, 7) is -6.50. The monoisotopic (exact) mass is 1120 g/mol. The maximum Gasteiger partial charge on any atom is 0.460 e. The average Bonchev–Trinajstić information content (AvgIpc) is 3.27. The van der Waals surface area contributed by atoms with E-state index in [9.17, 15) is 124 Å². The van der Waals surface area contributed by atoms with Gasteiger partial charge in [-0.2, -0.15) is 114 Å². The molecule has 0 heterocycles. The summed E-state index contributed by atoms with van der Waals surface area (Å²) in [6, 6.07) is 13.5. The Balaban J connectivity index is 2.05. The van der Waals surface area contributed by atoms with Gasteiger partial charge in [-0.1, -0.05) is 60.7 Å². The molecule has 0 spiro atoms. The summed E-state index contributed by atoms with van der Waals surface area (Å²) in [4.78, 5) is 35.6. The molecule has 0 aliphatic carbocycles. The summed E-state index contributed by atoms with van der Waals surface area (Å²) < 4.78 is 354. The Morgan fingerprint density at radius 2 is 0.658 bits per heavy atom. The summed E-state index contributed by atoms with van der Waals surface area (Å²) in [5, 5.41) is 4.81. The van der Waals surface area contributed by atoms with Crippen molar-refractivity contribution in [3.8, 4) is 0 Å². The van der Waals surface area contributed by atoms with Crippen LogP contribution in [0.15, 0.2) is 60.7 Å². The van der Waals surface area contributed by atoms with Crippen molar-refractivity contribution in [3.05, 3.63) is 71.8 Å². The van der Waals surface area contributed by atoms with Gasteiger partial charge in [0.2, 0.25) is 11.8 Å². The van der Waals surface area contributed by atoms with Crippen molar-refractivity contribution in [2.24, 2.45) is 0 Å². The van der Waals surface area contributed by atoms with Crippen molar-refractivity contribution in [2.45, 2.75) is 117 Å². The number of rotatable bonds is 30. The van der Waals surface area contributed by atoms with Crippen LogP contribution in [0.2, 0.25) is 0 Å². The van der Waals surface area contributed by atoms with E-state index >= 15 is 0 Å². The third-order valence-electron chi connectivity index (χ3n) is 10.0. The first-order valence-electron chi connectivity index (χ1n) is 20.2. The highest BCUT2D eigenvalue weighted by atomic mass is 19.4. The third kappa shape index (κ3) is 14.0. The molecule has 2 aromatic carbocycles. The van der Waals surface area contributed by atoms with E-state index in [4.69, 9.17) is 9.68 Å². The zero-order chi connectivity index (χ0) is 56.6. The van der Waals surface area contributed by atoms with E-state index in [-0.39, 0.29) is 40.8 Å². The standard InChI is InChI=1S/C39H38F26N4O4/c40-28(41,30(44,45)32(48,49)34(52,53)36(56,57)38(60,61)62)14-20-68(72-22-24-8-3-1-4-9-24)26(70)12-18-66-16-7-17-67-19-13-27(71)69(73-23-25-10-5-2-6-11-25)21-15-29(42,43)31(46,47)33(50,51)35(54,55)37(58,59)39(63,64)65/h1-6,8-11,66-67H,7,12-23H2. The molecule has 2 amide bonds. The zero-order valence-electron chi connectivity index (χ0n) is 36.3. The van der Waals surface area contributed by atoms with Crippen LogP contribution < -0.4 is 10.6 Å². The predicted octanol–water partition coefficient (Wildman–Crippen LogP) is 11.5. The highest BCUT2D eigenvalue weighted by Gasteiger charge is 2.92. The molecule has 0 fully saturated rings. The van der Waals surface area contributed by atoms with Gasteiger partial charge in [-0.15, -0.1) is 0 Å². The van der Waals surface area contributed by atoms with Gasteiger partial charge in [0.25, 0.3) is 0 Å². The largest absolute Gasteiger partial charge is 0.460 e. The predicted molar refractivity (Wildman–Crippen MR) is 196 cm³/mol. The van der Waals surface area contributed by atoms with Crippen LogP contribution in [0.4, 0.5) is 114 Å². The summed E-state index contributed by atoms with van der Waals surface area (Å²) in [5.74, 6) is -79.5. The molecule has 0 unspecified atom stereocenters. The van der Waals surface area contributed by atoms with Crippen LogP contribution in [0.1, 0.15) is 43.2 Å². The molecule has 420 valence electrons. The van der Waals surface area contributed by atoms with Gasteiger partial charge in [0.15, 0.2) is 0 Å². The van der Waals surface area contributed by atoms with Gasteiger partial charge in [0, 0.05) is 38.8 Å². The highest BCUT2D eigenvalue weighted by molar-refractivity contribution is 5.75. The molecule has 0 bridgehead atoms. The minimum absolute atomic E-state index is 0.00804. The van der Waals surface area contributed by atoms with E-state index in [1.54, 1.807) is 0 Å². The number of alkyl halides is 26. The van der Waals surface area contributed by atoms with Gasteiger partial charge in [-0.25, -0.2) is 10.1 Å². The van der Waals surface area contributed by atoms with Crippen LogP contribution >= 0.6 is 0 Å². The lowest BCUT2D eigenvalue weighted by molar-refractivity contribution is -0.440. The van der Waals surface area contributed by atoms with Crippen molar-refractivity contribution in [3.63, 3.8) is 0 Å². The Labute approximate surface area is 394 Å². The van der Waals surface area contributed by atoms with Gasteiger partial charge in [0.1, 0.15) is 13.2 Å². The Kier molecular flexibility index (Phi) is 20.8. The van der Waals surface area contributed by atoms with Gasteiger partial charge in [-0.3, -0.25) is 19.3 Å². The number of amides is 2. The molecule has 2 rings (SSSR count). The molecule has 0 radical (unpaired) electrons. The second-order valence-electron chi connectivity index (χ2n) is 15.4. The maximum atomic E-state index is 14.5. The van der Waals surface area contributed by atoms with E-state index in [2.05, 4.69) is 10.6 Å². The molecule has 8 nitrogen and oxygen atoms in total. The van der Waals surface area contributed by atoms with E-state index in [1.807, 2.05) is 0 Å². The van der Waals surface area contributed by atoms with Crippen molar-refractivity contribution < 1.29 is 133 Å². The van der Waals surface area contributed by atoms with E-state index < -0.39 is 148 Å². The number of benzene rings is 2. The molecule has 0 aliphatic rings. The molecular formula is C39H38F26N4O4. The van der Waals surface area contributed by atoms with Gasteiger partial charge in [0.05, 0.1) is 13.1 Å². The molecule has 0 aliphatic heterocycles. The van der Waals surface area contributed by atoms with Crippen molar-refractivity contribution >= 4 is 11.8 Å². The number of carbonyl (C=O) groups excluding carboxylic acids is 2. The molecule has 34 heteroatoms. The molecule has 0 atom stereocenters. The van der Waals surface area contributed by atoms with Crippen LogP contribution in [-0.2, 0) is 32.5 Å². The Hall–Kier alpha value is -4.60. The summed E-state index contributed by atoms with van der Waals surface area (Å²) >= 11 is 0. The smallest absolute Gasteiger partial charge is 0.316 e. The van der Waals surface area contributed by atoms with Crippen molar-refractivity contribution in [1.82, 2.24) is 20.8 Å². The van der Waals surface area contributed by atoms with Gasteiger partial charge >= 0.3 is 71.6 Å². The number of halogens is 26. The number of hydrogen-bond acceptors (Lipinski definition) is 6. The fourth-order valence-electron chi connectivity index (χ4n) is 5.61. The Bertz CT molecular complexity index is 1910. The first kappa shape index (κ1) is 64.5. The normalized spacial score (nSPS) is 14.4. The SMILES string of the molecule is O=C(CCNCCCNCCC(=O)N(CCC(F)(F)C(F)(F)C(F)(F)C(F)(F)C(F)(F)C(F)(F)F)OCc1ccccc1)N(CCC(F)(F)C(F)(F)C(F)(F)C(F)(F)C(F)(F)C(F)(F)F)OCc1ccccc1. The minimum atomic E-state index is -8.15. The zero-order valence-corrected chi connectivity index (χ0v) is 36.3. The number of nitrogens with zero attached hydrogens (tertiary/aromatic N) is 2. The topological polar surface area (TPSA) is 83.1 Å². The first-order valence-corrected chi connectivity index (χ1v) is 20.2. The third-order valence-corrected chi connectivity index (χ3v) is 10.0. The van der Waals surface area contributed by atoms with Crippen LogP contribution in [0, 0.1) is 0 Å². The fourth-order valence-corrected chi connectivity index (χ4v) is 5.61. The molecule has 0 saturated heterocycles. The number of nitrogens with one attached hydrogen (secondary N) is 2. The van der Waals surface area contributed by atoms with Crippen LogP contribution in [0.3, 0.4) is 0 Å². The first-order chi connectivity index (χ1) is 32.9. The Morgan fingerprint density at radius 1 is 0.384 bits per heavy atom.